The van der Waals surface area contributed by atoms with Crippen molar-refractivity contribution in [3.05, 3.63) is 0 Å². The first-order valence-electron chi connectivity index (χ1n) is 6.43. The highest BCUT2D eigenvalue weighted by Gasteiger charge is 2.35. The van der Waals surface area contributed by atoms with E-state index >= 15 is 0 Å². The van der Waals surface area contributed by atoms with Gasteiger partial charge in [0.25, 0.3) is 0 Å². The van der Waals surface area contributed by atoms with Crippen LogP contribution in [0.15, 0.2) is 0 Å². The summed E-state index contributed by atoms with van der Waals surface area (Å²) >= 11 is 1.69. The SMILES string of the molecule is CSC(C)(C)CNC(=O)[C@@H]1CCCC[C@@H]1C(=O)O. The molecule has 5 heteroatoms. The number of carbonyl (C=O) groups excluding carboxylic acids is 1. The third-order valence-corrected chi connectivity index (χ3v) is 4.91. The second kappa shape index (κ2) is 6.45. The zero-order valence-corrected chi connectivity index (χ0v) is 12.2. The normalized spacial score (nSPS) is 24.6. The Morgan fingerprint density at radius 2 is 1.83 bits per heavy atom. The molecule has 1 fully saturated rings. The molecule has 1 aliphatic carbocycles. The quantitative estimate of drug-likeness (QED) is 0.805. The highest BCUT2D eigenvalue weighted by molar-refractivity contribution is 7.99. The monoisotopic (exact) mass is 273 g/mol. The van der Waals surface area contributed by atoms with Gasteiger partial charge in [-0.05, 0) is 32.9 Å². The minimum Gasteiger partial charge on any atom is -0.481 e. The summed E-state index contributed by atoms with van der Waals surface area (Å²) in [7, 11) is 0. The van der Waals surface area contributed by atoms with E-state index in [4.69, 9.17) is 5.11 Å². The second-order valence-electron chi connectivity index (χ2n) is 5.52. The summed E-state index contributed by atoms with van der Waals surface area (Å²) < 4.78 is -0.0109. The van der Waals surface area contributed by atoms with Gasteiger partial charge in [0.2, 0.25) is 5.91 Å². The standard InChI is InChI=1S/C13H23NO3S/c1-13(2,18-3)8-14-11(15)9-6-4-5-7-10(9)12(16)17/h9-10H,4-8H2,1-3H3,(H,14,15)(H,16,17)/t9-,10+/m1/s1. The van der Waals surface area contributed by atoms with Gasteiger partial charge in [-0.15, -0.1) is 0 Å². The van der Waals surface area contributed by atoms with Crippen molar-refractivity contribution in [2.75, 3.05) is 12.8 Å². The van der Waals surface area contributed by atoms with Gasteiger partial charge in [0.15, 0.2) is 0 Å². The molecular weight excluding hydrogens is 250 g/mol. The number of carbonyl (C=O) groups is 2. The molecule has 0 radical (unpaired) electrons. The molecule has 1 aliphatic rings. The molecule has 18 heavy (non-hydrogen) atoms. The molecule has 1 saturated carbocycles. The van der Waals surface area contributed by atoms with Crippen molar-refractivity contribution >= 4 is 23.6 Å². The Labute approximate surface area is 113 Å². The largest absolute Gasteiger partial charge is 0.481 e. The molecule has 2 N–H and O–H groups in total. The van der Waals surface area contributed by atoms with Gasteiger partial charge in [-0.25, -0.2) is 0 Å². The Bertz CT molecular complexity index is 317. The van der Waals surface area contributed by atoms with Crippen molar-refractivity contribution in [3.63, 3.8) is 0 Å². The maximum atomic E-state index is 12.1. The number of thioether (sulfide) groups is 1. The Kier molecular flexibility index (Phi) is 5.50. The van der Waals surface area contributed by atoms with Crippen LogP contribution in [0, 0.1) is 11.8 Å². The number of carboxylic acid groups (broad SMARTS) is 1. The Morgan fingerprint density at radius 3 is 2.33 bits per heavy atom. The van der Waals surface area contributed by atoms with Crippen molar-refractivity contribution < 1.29 is 14.7 Å². The van der Waals surface area contributed by atoms with Gasteiger partial charge in [-0.3, -0.25) is 9.59 Å². The van der Waals surface area contributed by atoms with Crippen molar-refractivity contribution in [1.29, 1.82) is 0 Å². The van der Waals surface area contributed by atoms with E-state index in [0.717, 1.165) is 12.8 Å². The van der Waals surface area contributed by atoms with Crippen molar-refractivity contribution in [2.45, 2.75) is 44.3 Å². The molecule has 0 heterocycles. The smallest absolute Gasteiger partial charge is 0.307 e. The molecule has 104 valence electrons. The van der Waals surface area contributed by atoms with E-state index in [1.807, 2.05) is 6.26 Å². The summed E-state index contributed by atoms with van der Waals surface area (Å²) in [6.45, 7) is 4.71. The van der Waals surface area contributed by atoms with Crippen LogP contribution in [0.2, 0.25) is 0 Å². The first-order valence-corrected chi connectivity index (χ1v) is 7.65. The Balaban J connectivity index is 2.56. The molecule has 1 amide bonds. The van der Waals surface area contributed by atoms with E-state index in [9.17, 15) is 9.59 Å². The second-order valence-corrected chi connectivity index (χ2v) is 7.03. The van der Waals surface area contributed by atoms with Crippen LogP contribution in [-0.4, -0.2) is 34.5 Å². The predicted molar refractivity (Wildman–Crippen MR) is 73.7 cm³/mol. The van der Waals surface area contributed by atoms with Crippen LogP contribution in [0.25, 0.3) is 0 Å². The summed E-state index contributed by atoms with van der Waals surface area (Å²) in [4.78, 5) is 23.2. The predicted octanol–water partition coefficient (Wildman–Crippen LogP) is 2.14. The lowest BCUT2D eigenvalue weighted by atomic mass is 9.78. The minimum atomic E-state index is -0.834. The van der Waals surface area contributed by atoms with Gasteiger partial charge in [-0.2, -0.15) is 11.8 Å². The summed E-state index contributed by atoms with van der Waals surface area (Å²) in [6.07, 6.45) is 5.19. The zero-order chi connectivity index (χ0) is 13.8. The van der Waals surface area contributed by atoms with Crippen LogP contribution in [0.4, 0.5) is 0 Å². The third kappa shape index (κ3) is 4.19. The van der Waals surface area contributed by atoms with E-state index in [1.165, 1.54) is 0 Å². The van der Waals surface area contributed by atoms with E-state index in [2.05, 4.69) is 19.2 Å². The average Bonchev–Trinajstić information content (AvgIpc) is 2.36. The summed E-state index contributed by atoms with van der Waals surface area (Å²) in [5.41, 5.74) is 0. The molecule has 4 nitrogen and oxygen atoms in total. The van der Waals surface area contributed by atoms with E-state index < -0.39 is 11.9 Å². The van der Waals surface area contributed by atoms with E-state index in [0.29, 0.717) is 19.4 Å². The fraction of sp³-hybridized carbons (Fsp3) is 0.846. The average molecular weight is 273 g/mol. The molecule has 0 bridgehead atoms. The van der Waals surface area contributed by atoms with Gasteiger partial charge in [0, 0.05) is 11.3 Å². The molecule has 1 rings (SSSR count). The lowest BCUT2D eigenvalue weighted by molar-refractivity contribution is -0.148. The first-order chi connectivity index (χ1) is 8.37. The number of carboxylic acids is 1. The number of amides is 1. The number of nitrogens with one attached hydrogen (secondary N) is 1. The molecule has 2 atom stereocenters. The van der Waals surface area contributed by atoms with Gasteiger partial charge in [0.1, 0.15) is 0 Å². The summed E-state index contributed by atoms with van der Waals surface area (Å²) in [5, 5.41) is 12.1. The van der Waals surface area contributed by atoms with Crippen LogP contribution in [0.3, 0.4) is 0 Å². The highest BCUT2D eigenvalue weighted by Crippen LogP contribution is 2.30. The highest BCUT2D eigenvalue weighted by atomic mass is 32.2. The van der Waals surface area contributed by atoms with Gasteiger partial charge in [-0.1, -0.05) is 12.8 Å². The van der Waals surface area contributed by atoms with Gasteiger partial charge < -0.3 is 10.4 Å². The molecule has 0 saturated heterocycles. The topological polar surface area (TPSA) is 66.4 Å². The van der Waals surface area contributed by atoms with Gasteiger partial charge >= 0.3 is 5.97 Å². The lowest BCUT2D eigenvalue weighted by Gasteiger charge is -2.29. The van der Waals surface area contributed by atoms with Crippen LogP contribution < -0.4 is 5.32 Å². The molecule has 0 aromatic rings. The zero-order valence-electron chi connectivity index (χ0n) is 11.4. The molecule has 0 spiro atoms. The van der Waals surface area contributed by atoms with E-state index in [-0.39, 0.29) is 16.6 Å². The Morgan fingerprint density at radius 1 is 1.28 bits per heavy atom. The number of hydrogen-bond acceptors (Lipinski definition) is 3. The third-order valence-electron chi connectivity index (χ3n) is 3.66. The minimum absolute atomic E-state index is 0.0109. The molecule has 0 aliphatic heterocycles. The maximum Gasteiger partial charge on any atom is 0.307 e. The summed E-state index contributed by atoms with van der Waals surface area (Å²) in [5.74, 6) is -1.78. The molecule has 0 aromatic heterocycles. The van der Waals surface area contributed by atoms with Crippen molar-refractivity contribution in [2.24, 2.45) is 11.8 Å². The first kappa shape index (κ1) is 15.3. The number of hydrogen-bond donors (Lipinski definition) is 2. The fourth-order valence-corrected chi connectivity index (χ4v) is 2.46. The van der Waals surface area contributed by atoms with Crippen LogP contribution in [0.5, 0.6) is 0 Å². The number of rotatable bonds is 5. The lowest BCUT2D eigenvalue weighted by Crippen LogP contribution is -2.43. The van der Waals surface area contributed by atoms with Crippen molar-refractivity contribution in [3.8, 4) is 0 Å². The molecule has 0 unspecified atom stereocenters. The number of aliphatic carboxylic acids is 1. The molecule has 0 aromatic carbocycles. The van der Waals surface area contributed by atoms with Gasteiger partial charge in [0.05, 0.1) is 11.8 Å². The van der Waals surface area contributed by atoms with Crippen LogP contribution >= 0.6 is 11.8 Å². The Hall–Kier alpha value is -0.710. The van der Waals surface area contributed by atoms with Crippen molar-refractivity contribution in [1.82, 2.24) is 5.32 Å². The van der Waals surface area contributed by atoms with Crippen LogP contribution in [0.1, 0.15) is 39.5 Å². The van der Waals surface area contributed by atoms with Crippen LogP contribution in [-0.2, 0) is 9.59 Å². The maximum absolute atomic E-state index is 12.1. The van der Waals surface area contributed by atoms with E-state index in [1.54, 1.807) is 11.8 Å². The fourth-order valence-electron chi connectivity index (χ4n) is 2.24. The molecular formula is C13H23NO3S. The summed E-state index contributed by atoms with van der Waals surface area (Å²) in [6, 6.07) is 0.